The maximum absolute atomic E-state index is 13.9. The lowest BCUT2D eigenvalue weighted by atomic mass is 10.1. The van der Waals surface area contributed by atoms with Gasteiger partial charge in [0, 0.05) is 136 Å². The van der Waals surface area contributed by atoms with Gasteiger partial charge in [-0.3, -0.25) is 59.6 Å². The first-order valence-corrected chi connectivity index (χ1v) is 35.0. The van der Waals surface area contributed by atoms with Crippen LogP contribution < -0.4 is 10.6 Å². The number of Topliss-reactive ketones (excluding diaryl/α,β-unsaturated/α-hetero) is 1. The molecule has 0 aliphatic heterocycles. The third kappa shape index (κ3) is 14.0. The first-order chi connectivity index (χ1) is 53.7. The highest BCUT2D eigenvalue weighted by molar-refractivity contribution is 6.01. The van der Waals surface area contributed by atoms with Crippen molar-refractivity contribution in [3.63, 3.8) is 0 Å². The van der Waals surface area contributed by atoms with Crippen molar-refractivity contribution in [1.82, 2.24) is 105 Å². The Bertz CT molecular complexity index is 6340. The van der Waals surface area contributed by atoms with Gasteiger partial charge in [0.25, 0.3) is 0 Å². The predicted octanol–water partition coefficient (Wildman–Crippen LogP) is 15.8. The summed E-state index contributed by atoms with van der Waals surface area (Å²) in [5.41, 5.74) is 19.0. The number of nitrogens with zero attached hydrogens (tertiary/aromatic N) is 15. The first kappa shape index (κ1) is 68.3. The maximum atomic E-state index is 13.9. The van der Waals surface area contributed by atoms with Crippen LogP contribution >= 0.6 is 0 Å². The fourth-order valence-electron chi connectivity index (χ4n) is 12.7. The number of aromatic amines is 6. The molecular weight excluding hydrogens is 1400 g/mol. The van der Waals surface area contributed by atoms with Crippen molar-refractivity contribution in [3.05, 3.63) is 225 Å². The molecule has 1 saturated carbocycles. The van der Waals surface area contributed by atoms with Gasteiger partial charge in [-0.05, 0) is 102 Å². The third-order valence-corrected chi connectivity index (χ3v) is 18.6. The standard InChI is InChI=1S/C27H19FN8O.C27H21FN8O.C27H20FN7O/c28-18-3-1-2-15(6-18)21-12-30-13-22-23(21)34-26(33-22)24-20-8-17(10-31-25(20)36-35-24)16-7-19(11-29-9-16)32-27(37)14-4-5-14;1-14(2)27(37)32-19-7-16(9-29-11-19)17-8-20-24(35-36-25(20)31-10-17)26-33-22-13-30-12-21(23(22)34-26)15-4-3-5-18(28)6-15;1-2-20(36)10-19-7-6-16(11-30-19)17-9-21-25(34-35-26(21)31-12-17)27-32-23-14-29-13-22(24(23)33-27)15-4-3-5-18(28)8-15/h1-3,6-14H,4-5H2,(H,32,37)(H,33,34)(H,31,35,36);3-14H,1-2H3,(H,32,37)(H,33,34)(H,31,35,36);3-9,11-14H,2,10H2,1H3,(H,32,33)(H,31,34,35). The van der Waals surface area contributed by atoms with Gasteiger partial charge in [0.15, 0.2) is 34.4 Å². The molecule has 29 heteroatoms. The Balaban J connectivity index is 0.000000120. The number of pyridine rings is 9. The highest BCUT2D eigenvalue weighted by atomic mass is 19.1. The minimum absolute atomic E-state index is 0.0293. The summed E-state index contributed by atoms with van der Waals surface area (Å²) in [4.78, 5) is 99.7. The number of hydrogen-bond acceptors (Lipinski definition) is 18. The topological polar surface area (TPSA) is 363 Å². The number of rotatable bonds is 16. The van der Waals surface area contributed by atoms with Crippen molar-refractivity contribution in [1.29, 1.82) is 0 Å². The molecule has 0 radical (unpaired) electrons. The molecule has 18 aromatic rings. The minimum Gasteiger partial charge on any atom is -0.335 e. The van der Waals surface area contributed by atoms with Crippen LogP contribution in [0.15, 0.2) is 202 Å². The molecule has 8 N–H and O–H groups in total. The summed E-state index contributed by atoms with van der Waals surface area (Å²) in [5, 5.41) is 30.2. The minimum atomic E-state index is -0.328. The summed E-state index contributed by atoms with van der Waals surface area (Å²) in [6.45, 7) is 5.51. The quantitative estimate of drug-likeness (QED) is 0.0445. The number of ketones is 1. The Kier molecular flexibility index (Phi) is 18.0. The summed E-state index contributed by atoms with van der Waals surface area (Å²) >= 11 is 0. The second kappa shape index (κ2) is 28.9. The lowest BCUT2D eigenvalue weighted by Crippen LogP contribution is -2.17. The Morgan fingerprint density at radius 2 is 0.818 bits per heavy atom. The fraction of sp³-hybridized carbons (Fsp3) is 0.111. The molecule has 3 aromatic carbocycles. The lowest BCUT2D eigenvalue weighted by molar-refractivity contribution is -0.119. The zero-order valence-electron chi connectivity index (χ0n) is 58.6. The molecule has 26 nitrogen and oxygen atoms in total. The van der Waals surface area contributed by atoms with Crippen molar-refractivity contribution in [2.75, 3.05) is 10.6 Å². The highest BCUT2D eigenvalue weighted by Gasteiger charge is 2.30. The van der Waals surface area contributed by atoms with Crippen LogP contribution in [0.3, 0.4) is 0 Å². The number of carbonyl (C=O) groups excluding carboxylic acids is 3. The maximum Gasteiger partial charge on any atom is 0.227 e. The zero-order valence-corrected chi connectivity index (χ0v) is 58.6. The Morgan fingerprint density at radius 1 is 0.427 bits per heavy atom. The Morgan fingerprint density at radius 3 is 1.20 bits per heavy atom. The molecule has 110 heavy (non-hydrogen) atoms. The number of halogens is 3. The van der Waals surface area contributed by atoms with E-state index in [1.54, 1.807) is 105 Å². The number of aromatic nitrogens is 21. The largest absolute Gasteiger partial charge is 0.335 e. The molecule has 1 aliphatic carbocycles. The number of benzene rings is 3. The average Bonchev–Trinajstić information content (AvgIpc) is 1.62. The number of carbonyl (C=O) groups is 3. The van der Waals surface area contributed by atoms with E-state index in [0.29, 0.717) is 126 Å². The summed E-state index contributed by atoms with van der Waals surface area (Å²) in [5.74, 6) is 0.780. The molecule has 15 aromatic heterocycles. The average molecular weight is 1460 g/mol. The molecule has 1 aliphatic rings. The highest BCUT2D eigenvalue weighted by Crippen LogP contribution is 2.38. The van der Waals surface area contributed by atoms with Crippen LogP contribution in [0.1, 0.15) is 45.7 Å². The molecule has 2 amide bonds. The number of imidazole rings is 3. The van der Waals surface area contributed by atoms with Crippen LogP contribution in [0.4, 0.5) is 24.5 Å². The summed E-state index contributed by atoms with van der Waals surface area (Å²) in [7, 11) is 0. The zero-order chi connectivity index (χ0) is 75.1. The lowest BCUT2D eigenvalue weighted by Gasteiger charge is -2.09. The second-order valence-electron chi connectivity index (χ2n) is 26.6. The van der Waals surface area contributed by atoms with E-state index in [-0.39, 0.29) is 46.9 Å². The predicted molar refractivity (Wildman–Crippen MR) is 410 cm³/mol. The number of hydrogen-bond donors (Lipinski definition) is 8. The van der Waals surface area contributed by atoms with Crippen molar-refractivity contribution >= 4 is 95.2 Å². The van der Waals surface area contributed by atoms with Crippen LogP contribution in [0, 0.1) is 29.3 Å². The fourth-order valence-corrected chi connectivity index (χ4v) is 12.7. The third-order valence-electron chi connectivity index (χ3n) is 18.6. The first-order valence-electron chi connectivity index (χ1n) is 35.0. The van der Waals surface area contributed by atoms with Crippen LogP contribution in [-0.2, 0) is 20.8 Å². The van der Waals surface area contributed by atoms with Gasteiger partial charge in [0.05, 0.1) is 91.6 Å². The van der Waals surface area contributed by atoms with Gasteiger partial charge in [-0.25, -0.2) is 43.1 Å². The van der Waals surface area contributed by atoms with Gasteiger partial charge in [-0.1, -0.05) is 63.2 Å². The van der Waals surface area contributed by atoms with E-state index in [1.165, 1.54) is 36.4 Å². The molecule has 0 saturated heterocycles. The molecular formula is C81H60F3N23O3. The normalized spacial score (nSPS) is 12.1. The van der Waals surface area contributed by atoms with Crippen molar-refractivity contribution in [3.8, 4) is 101 Å². The molecule has 538 valence electrons. The van der Waals surface area contributed by atoms with Crippen molar-refractivity contribution in [2.45, 2.75) is 46.5 Å². The molecule has 19 rings (SSSR count). The van der Waals surface area contributed by atoms with Crippen LogP contribution in [0.5, 0.6) is 0 Å². The number of nitrogens with one attached hydrogen (secondary N) is 8. The summed E-state index contributed by atoms with van der Waals surface area (Å²) in [6.07, 6.45) is 26.4. The van der Waals surface area contributed by atoms with Gasteiger partial charge < -0.3 is 25.6 Å². The number of fused-ring (bicyclic) bond motifs is 6. The number of H-pyrrole nitrogens is 6. The van der Waals surface area contributed by atoms with Gasteiger partial charge in [0.1, 0.15) is 40.3 Å². The molecule has 0 bridgehead atoms. The van der Waals surface area contributed by atoms with Crippen LogP contribution in [-0.4, -0.2) is 123 Å². The molecule has 1 fully saturated rings. The molecule has 15 heterocycles. The van der Waals surface area contributed by atoms with E-state index in [9.17, 15) is 27.6 Å². The monoisotopic (exact) mass is 1460 g/mol. The Hall–Kier alpha value is -14.8. The Labute approximate surface area is 620 Å². The van der Waals surface area contributed by atoms with E-state index in [0.717, 1.165) is 84.7 Å². The number of anilines is 2. The summed E-state index contributed by atoms with van der Waals surface area (Å²) in [6, 6.07) is 32.5. The summed E-state index contributed by atoms with van der Waals surface area (Å²) < 4.78 is 41.6. The van der Waals surface area contributed by atoms with E-state index in [1.807, 2.05) is 81.4 Å². The van der Waals surface area contributed by atoms with Crippen LogP contribution in [0.25, 0.3) is 168 Å². The van der Waals surface area contributed by atoms with Gasteiger partial charge in [-0.2, -0.15) is 15.3 Å². The second-order valence-corrected chi connectivity index (χ2v) is 26.6. The van der Waals surface area contributed by atoms with E-state index < -0.39 is 0 Å². The van der Waals surface area contributed by atoms with E-state index >= 15 is 0 Å². The van der Waals surface area contributed by atoms with Crippen molar-refractivity contribution < 1.29 is 27.6 Å². The van der Waals surface area contributed by atoms with E-state index in [4.69, 9.17) is 15.0 Å². The number of amides is 2. The molecule has 0 spiro atoms. The van der Waals surface area contributed by atoms with E-state index in [2.05, 4.69) is 101 Å². The van der Waals surface area contributed by atoms with Gasteiger partial charge in [-0.15, -0.1) is 0 Å². The van der Waals surface area contributed by atoms with Gasteiger partial charge in [0.2, 0.25) is 11.8 Å². The molecule has 0 atom stereocenters. The van der Waals surface area contributed by atoms with Gasteiger partial charge >= 0.3 is 0 Å². The molecule has 0 unspecified atom stereocenters. The van der Waals surface area contributed by atoms with Crippen LogP contribution in [0.2, 0.25) is 0 Å². The SMILES string of the molecule is CC(C)C(=O)Nc1cncc(-c2cnc3n[nH]c(-c4nc5c(-c6cccc(F)c6)cncc5[nH]4)c3c2)c1.CCC(=O)Cc1ccc(-c2cnc3n[nH]c(-c4nc5c(-c6cccc(F)c6)cncc5[nH]4)c3c2)cn1.O=C(Nc1cncc(-c2cnc3n[nH]c(-c4nc5c(-c6cccc(F)c6)cncc5[nH]4)c3c2)c1)C1CC1. The van der Waals surface area contributed by atoms with Crippen molar-refractivity contribution in [2.24, 2.45) is 11.8 Å². The smallest absolute Gasteiger partial charge is 0.227 e.